The van der Waals surface area contributed by atoms with Crippen LogP contribution in [0.2, 0.25) is 0 Å². The number of aliphatic carboxylic acids is 1. The molecule has 1 aliphatic carbocycles. The first-order valence-corrected chi connectivity index (χ1v) is 8.86. The first-order chi connectivity index (χ1) is 12.5. The predicted octanol–water partition coefficient (Wildman–Crippen LogP) is 1.85. The third-order valence-electron chi connectivity index (χ3n) is 4.83. The molecule has 1 fully saturated rings. The molecule has 0 bridgehead atoms. The van der Waals surface area contributed by atoms with Crippen LogP contribution in [0.3, 0.4) is 0 Å². The van der Waals surface area contributed by atoms with E-state index in [1.54, 1.807) is 10.7 Å². The highest BCUT2D eigenvalue weighted by Crippen LogP contribution is 2.26. The van der Waals surface area contributed by atoms with Crippen molar-refractivity contribution in [3.05, 3.63) is 47.8 Å². The zero-order valence-corrected chi connectivity index (χ0v) is 15.1. The predicted molar refractivity (Wildman–Crippen MR) is 97.5 cm³/mol. The first kappa shape index (κ1) is 18.1. The number of amides is 1. The Morgan fingerprint density at radius 2 is 2.00 bits per heavy atom. The lowest BCUT2D eigenvalue weighted by molar-refractivity contribution is -0.139. The molecule has 2 N–H and O–H groups in total. The monoisotopic (exact) mass is 356 g/mol. The van der Waals surface area contributed by atoms with E-state index in [2.05, 4.69) is 10.4 Å². The van der Waals surface area contributed by atoms with E-state index in [-0.39, 0.29) is 24.5 Å². The molecule has 138 valence electrons. The van der Waals surface area contributed by atoms with Gasteiger partial charge < -0.3 is 10.4 Å². The summed E-state index contributed by atoms with van der Waals surface area (Å²) in [6.07, 6.45) is 1.54. The highest BCUT2D eigenvalue weighted by molar-refractivity contribution is 5.92. The van der Waals surface area contributed by atoms with Gasteiger partial charge in [-0.15, -0.1) is 0 Å². The van der Waals surface area contributed by atoms with Crippen LogP contribution in [0.4, 0.5) is 0 Å². The van der Waals surface area contributed by atoms with E-state index >= 15 is 0 Å². The van der Waals surface area contributed by atoms with E-state index in [9.17, 15) is 9.59 Å². The van der Waals surface area contributed by atoms with Crippen molar-refractivity contribution in [1.82, 2.24) is 20.0 Å². The average Bonchev–Trinajstić information content (AvgIpc) is 2.98. The van der Waals surface area contributed by atoms with E-state index < -0.39 is 5.97 Å². The second kappa shape index (κ2) is 7.70. The fourth-order valence-electron chi connectivity index (χ4n) is 3.35. The van der Waals surface area contributed by atoms with E-state index in [4.69, 9.17) is 5.11 Å². The quantitative estimate of drug-likeness (QED) is 0.790. The summed E-state index contributed by atoms with van der Waals surface area (Å²) in [6, 6.07) is 11.7. The number of rotatable bonds is 7. The number of likely N-dealkylation sites (N-methyl/N-ethyl adjacent to an activating group) is 1. The van der Waals surface area contributed by atoms with Gasteiger partial charge in [0.2, 0.25) is 0 Å². The van der Waals surface area contributed by atoms with Gasteiger partial charge in [0.25, 0.3) is 5.91 Å². The summed E-state index contributed by atoms with van der Waals surface area (Å²) < 4.78 is 1.75. The van der Waals surface area contributed by atoms with E-state index in [0.717, 1.165) is 24.2 Å². The number of hydrogen-bond acceptors (Lipinski definition) is 4. The highest BCUT2D eigenvalue weighted by atomic mass is 16.4. The Balaban J connectivity index is 1.58. The summed E-state index contributed by atoms with van der Waals surface area (Å²) >= 11 is 0. The van der Waals surface area contributed by atoms with E-state index in [1.165, 1.54) is 0 Å². The van der Waals surface area contributed by atoms with Gasteiger partial charge in [0.15, 0.2) is 5.69 Å². The van der Waals surface area contributed by atoms with Crippen LogP contribution in [0.15, 0.2) is 36.4 Å². The number of aryl methyl sites for hydroxylation is 1. The van der Waals surface area contributed by atoms with Gasteiger partial charge in [0.05, 0.1) is 12.2 Å². The summed E-state index contributed by atoms with van der Waals surface area (Å²) in [4.78, 5) is 25.3. The molecule has 0 unspecified atom stereocenters. The maximum atomic E-state index is 12.5. The van der Waals surface area contributed by atoms with Gasteiger partial charge in [-0.1, -0.05) is 25.1 Å². The van der Waals surface area contributed by atoms with Crippen molar-refractivity contribution < 1.29 is 14.7 Å². The Kier molecular flexibility index (Phi) is 5.37. The van der Waals surface area contributed by atoms with Crippen LogP contribution in [0.1, 0.15) is 35.9 Å². The van der Waals surface area contributed by atoms with Crippen LogP contribution in [0.5, 0.6) is 0 Å². The fourth-order valence-corrected chi connectivity index (χ4v) is 3.35. The van der Waals surface area contributed by atoms with Crippen LogP contribution >= 0.6 is 0 Å². The van der Waals surface area contributed by atoms with Gasteiger partial charge in [-0.3, -0.25) is 14.5 Å². The summed E-state index contributed by atoms with van der Waals surface area (Å²) in [5.41, 5.74) is 2.21. The third kappa shape index (κ3) is 3.94. The number of hydrogen-bond donors (Lipinski definition) is 2. The van der Waals surface area contributed by atoms with Crippen LogP contribution in [-0.2, 0) is 4.79 Å². The molecule has 1 saturated carbocycles. The number of para-hydroxylation sites is 1. The van der Waals surface area contributed by atoms with Crippen molar-refractivity contribution in [1.29, 1.82) is 0 Å². The lowest BCUT2D eigenvalue weighted by Gasteiger charge is -2.42. The van der Waals surface area contributed by atoms with Crippen LogP contribution in [0, 0.1) is 6.92 Å². The number of nitrogens with one attached hydrogen (secondary N) is 1. The molecule has 26 heavy (non-hydrogen) atoms. The molecule has 0 saturated heterocycles. The van der Waals surface area contributed by atoms with Crippen LogP contribution in [-0.4, -0.2) is 56.8 Å². The van der Waals surface area contributed by atoms with Gasteiger partial charge in [0, 0.05) is 17.8 Å². The Bertz CT molecular complexity index is 781. The topological polar surface area (TPSA) is 87.5 Å². The molecule has 1 amide bonds. The van der Waals surface area contributed by atoms with Gasteiger partial charge >= 0.3 is 5.97 Å². The molecule has 1 aromatic heterocycles. The number of carbonyl (C=O) groups is 2. The molecule has 2 aromatic rings. The van der Waals surface area contributed by atoms with Crippen LogP contribution < -0.4 is 5.32 Å². The van der Waals surface area contributed by atoms with Gasteiger partial charge in [0.1, 0.15) is 0 Å². The molecule has 3 rings (SSSR count). The van der Waals surface area contributed by atoms with Crippen molar-refractivity contribution in [2.75, 3.05) is 13.1 Å². The van der Waals surface area contributed by atoms with Gasteiger partial charge in [-0.2, -0.15) is 5.10 Å². The third-order valence-corrected chi connectivity index (χ3v) is 4.83. The van der Waals surface area contributed by atoms with Crippen molar-refractivity contribution in [2.45, 2.75) is 38.8 Å². The molecule has 0 spiro atoms. The SMILES string of the molecule is CCN(CC(=O)O)C1CC(NC(=O)c2cc(C)n(-c3ccccc3)n2)C1. The molecular formula is C19H24N4O3. The number of carbonyl (C=O) groups excluding carboxylic acids is 1. The first-order valence-electron chi connectivity index (χ1n) is 8.86. The lowest BCUT2D eigenvalue weighted by atomic mass is 9.85. The zero-order chi connectivity index (χ0) is 18.7. The summed E-state index contributed by atoms with van der Waals surface area (Å²) in [5, 5.41) is 16.4. The molecule has 0 radical (unpaired) electrons. The van der Waals surface area contributed by atoms with Crippen molar-refractivity contribution in [3.8, 4) is 5.69 Å². The summed E-state index contributed by atoms with van der Waals surface area (Å²) in [6.45, 7) is 4.61. The number of nitrogens with zero attached hydrogens (tertiary/aromatic N) is 3. The van der Waals surface area contributed by atoms with Crippen molar-refractivity contribution in [2.24, 2.45) is 0 Å². The Labute approximate surface area is 152 Å². The normalized spacial score (nSPS) is 19.2. The minimum absolute atomic E-state index is 0.0442. The average molecular weight is 356 g/mol. The molecule has 7 heteroatoms. The standard InChI is InChI=1S/C19H24N4O3/c1-3-22(12-18(24)25)16-10-14(11-16)20-19(26)17-9-13(2)23(21-17)15-7-5-4-6-8-15/h4-9,14,16H,3,10-12H2,1-2H3,(H,20,26)(H,24,25). The van der Waals surface area contributed by atoms with Crippen molar-refractivity contribution in [3.63, 3.8) is 0 Å². The lowest BCUT2D eigenvalue weighted by Crippen LogP contribution is -2.54. The molecular weight excluding hydrogens is 332 g/mol. The number of benzene rings is 1. The van der Waals surface area contributed by atoms with Gasteiger partial charge in [-0.25, -0.2) is 4.68 Å². The minimum atomic E-state index is -0.818. The number of aromatic nitrogens is 2. The largest absolute Gasteiger partial charge is 0.480 e. The Morgan fingerprint density at radius 1 is 1.31 bits per heavy atom. The second-order valence-corrected chi connectivity index (χ2v) is 6.67. The summed E-state index contributed by atoms with van der Waals surface area (Å²) in [7, 11) is 0. The number of carboxylic acid groups (broad SMARTS) is 1. The van der Waals surface area contributed by atoms with E-state index in [0.29, 0.717) is 12.2 Å². The molecule has 7 nitrogen and oxygen atoms in total. The highest BCUT2D eigenvalue weighted by Gasteiger charge is 2.35. The second-order valence-electron chi connectivity index (χ2n) is 6.67. The molecule has 0 atom stereocenters. The summed E-state index contributed by atoms with van der Waals surface area (Å²) in [5.74, 6) is -1.01. The smallest absolute Gasteiger partial charge is 0.317 e. The van der Waals surface area contributed by atoms with Crippen LogP contribution in [0.25, 0.3) is 5.69 Å². The fraction of sp³-hybridized carbons (Fsp3) is 0.421. The van der Waals surface area contributed by atoms with Crippen molar-refractivity contribution >= 4 is 11.9 Å². The maximum Gasteiger partial charge on any atom is 0.317 e. The number of carboxylic acids is 1. The molecule has 0 aliphatic heterocycles. The maximum absolute atomic E-state index is 12.5. The Hall–Kier alpha value is -2.67. The Morgan fingerprint density at radius 3 is 2.62 bits per heavy atom. The van der Waals surface area contributed by atoms with Gasteiger partial charge in [-0.05, 0) is 44.5 Å². The van der Waals surface area contributed by atoms with E-state index in [1.807, 2.05) is 49.1 Å². The molecule has 1 heterocycles. The minimum Gasteiger partial charge on any atom is -0.480 e. The molecule has 1 aliphatic rings. The molecule has 1 aromatic carbocycles. The zero-order valence-electron chi connectivity index (χ0n) is 15.1.